The average Bonchev–Trinajstić information content (AvgIpc) is 3.32. The summed E-state index contributed by atoms with van der Waals surface area (Å²) in [5.74, 6) is 3.66. The van der Waals surface area contributed by atoms with Gasteiger partial charge >= 0.3 is 0 Å². The fourth-order valence-corrected chi connectivity index (χ4v) is 12.1. The van der Waals surface area contributed by atoms with E-state index in [4.69, 9.17) is 28.4 Å². The van der Waals surface area contributed by atoms with E-state index in [0.29, 0.717) is 34.5 Å². The summed E-state index contributed by atoms with van der Waals surface area (Å²) >= 11 is 0. The first-order chi connectivity index (χ1) is 30.5. The summed E-state index contributed by atoms with van der Waals surface area (Å²) in [6.07, 6.45) is 0. The molecule has 0 saturated heterocycles. The van der Waals surface area contributed by atoms with Gasteiger partial charge in [-0.05, 0) is 165 Å². The Hall–Kier alpha value is -7.70. The standard InChI is InChI=1S/C56H36O6/c1-57-37-21-27(22-38(58-2)55(37)61-5)41-33-11-7-9-29-31-17-14-26-16-20-36-42(28-23-39(59-3)56(62-6)40(24-28)60-4)34-12-8-10-30-32-18-13-25-15-19-35(41)49-43(25)47(32)54-52(46(30)34)50(36)44(26)48(31)53(54)51(49)45(29)33/h7-24H,1-6H3. The summed E-state index contributed by atoms with van der Waals surface area (Å²) in [4.78, 5) is 0. The molecule has 14 rings (SSSR count). The van der Waals surface area contributed by atoms with Crippen LogP contribution >= 0.6 is 0 Å². The summed E-state index contributed by atoms with van der Waals surface area (Å²) in [6.45, 7) is 0. The maximum atomic E-state index is 5.97. The van der Waals surface area contributed by atoms with Gasteiger partial charge < -0.3 is 28.4 Å². The van der Waals surface area contributed by atoms with Gasteiger partial charge in [-0.3, -0.25) is 0 Å². The summed E-state index contributed by atoms with van der Waals surface area (Å²) in [5, 5.41) is 28.0. The van der Waals surface area contributed by atoms with E-state index in [1.807, 2.05) is 0 Å². The van der Waals surface area contributed by atoms with Crippen molar-refractivity contribution in [3.63, 3.8) is 0 Å². The number of hydrogen-bond donors (Lipinski definition) is 0. The smallest absolute Gasteiger partial charge is 0.203 e. The quantitative estimate of drug-likeness (QED) is 0.113. The molecule has 0 saturated carbocycles. The molecule has 0 fully saturated rings. The van der Waals surface area contributed by atoms with Crippen molar-refractivity contribution in [3.8, 4) is 56.8 Å². The van der Waals surface area contributed by atoms with E-state index >= 15 is 0 Å². The number of ether oxygens (including phenoxy) is 6. The molecule has 0 heterocycles. The van der Waals surface area contributed by atoms with Gasteiger partial charge in [0.2, 0.25) is 11.5 Å². The predicted molar refractivity (Wildman–Crippen MR) is 256 cm³/mol. The molecule has 0 unspecified atom stereocenters. The third kappa shape index (κ3) is 3.72. The van der Waals surface area contributed by atoms with Gasteiger partial charge in [0.05, 0.1) is 42.7 Å². The second-order valence-electron chi connectivity index (χ2n) is 16.7. The fraction of sp³-hybridized carbons (Fsp3) is 0.107. The molecule has 0 aromatic heterocycles. The Morgan fingerprint density at radius 3 is 0.903 bits per heavy atom. The molecule has 6 heteroatoms. The molecule has 0 atom stereocenters. The number of fused-ring (bicyclic) bond motifs is 2. The number of benzene rings is 14. The Balaban J connectivity index is 1.29. The van der Waals surface area contributed by atoms with Gasteiger partial charge in [0.15, 0.2) is 23.0 Å². The maximum absolute atomic E-state index is 5.97. The summed E-state index contributed by atoms with van der Waals surface area (Å²) in [6, 6.07) is 40.8. The predicted octanol–water partition coefficient (Wildman–Crippen LogP) is 14.4. The zero-order valence-corrected chi connectivity index (χ0v) is 34.8. The van der Waals surface area contributed by atoms with Crippen LogP contribution in [0.1, 0.15) is 0 Å². The number of methoxy groups -OCH3 is 6. The van der Waals surface area contributed by atoms with Gasteiger partial charge in [-0.15, -0.1) is 0 Å². The molecule has 0 aliphatic carbocycles. The van der Waals surface area contributed by atoms with Crippen LogP contribution in [0.5, 0.6) is 34.5 Å². The highest BCUT2D eigenvalue weighted by Crippen LogP contribution is 2.61. The topological polar surface area (TPSA) is 55.4 Å². The van der Waals surface area contributed by atoms with Crippen molar-refractivity contribution >= 4 is 118 Å². The van der Waals surface area contributed by atoms with Gasteiger partial charge in [0.1, 0.15) is 0 Å². The lowest BCUT2D eigenvalue weighted by Gasteiger charge is -2.29. The van der Waals surface area contributed by atoms with Crippen LogP contribution in [0, 0.1) is 0 Å². The van der Waals surface area contributed by atoms with E-state index in [2.05, 4.69) is 109 Å². The van der Waals surface area contributed by atoms with E-state index in [0.717, 1.165) is 22.3 Å². The van der Waals surface area contributed by atoms with E-state index < -0.39 is 0 Å². The zero-order valence-electron chi connectivity index (χ0n) is 34.8. The normalized spacial score (nSPS) is 12.7. The van der Waals surface area contributed by atoms with E-state index in [1.54, 1.807) is 42.7 Å². The molecule has 14 aromatic rings. The van der Waals surface area contributed by atoms with Crippen molar-refractivity contribution in [1.82, 2.24) is 0 Å². The zero-order chi connectivity index (χ0) is 41.4. The first-order valence-electron chi connectivity index (χ1n) is 20.9. The molecule has 0 aliphatic heterocycles. The van der Waals surface area contributed by atoms with Gasteiger partial charge in [-0.1, -0.05) is 84.9 Å². The second-order valence-corrected chi connectivity index (χ2v) is 16.7. The largest absolute Gasteiger partial charge is 0.493 e. The first-order valence-corrected chi connectivity index (χ1v) is 20.9. The van der Waals surface area contributed by atoms with Gasteiger partial charge in [0.25, 0.3) is 0 Å². The molecule has 0 spiro atoms. The van der Waals surface area contributed by atoms with Crippen LogP contribution in [0.3, 0.4) is 0 Å². The van der Waals surface area contributed by atoms with Crippen LogP contribution in [0.15, 0.2) is 109 Å². The molecule has 14 aromatic carbocycles. The molecule has 0 amide bonds. The van der Waals surface area contributed by atoms with Crippen LogP contribution in [-0.4, -0.2) is 42.7 Å². The summed E-state index contributed by atoms with van der Waals surface area (Å²) in [7, 11) is 10.0. The molecule has 296 valence electrons. The van der Waals surface area contributed by atoms with Gasteiger partial charge in [0, 0.05) is 0 Å². The minimum atomic E-state index is 0.576. The van der Waals surface area contributed by atoms with Gasteiger partial charge in [-0.2, -0.15) is 0 Å². The number of rotatable bonds is 8. The summed E-state index contributed by atoms with van der Waals surface area (Å²) < 4.78 is 35.5. The third-order valence-corrected chi connectivity index (χ3v) is 14.3. The van der Waals surface area contributed by atoms with Crippen molar-refractivity contribution in [2.75, 3.05) is 42.7 Å². The van der Waals surface area contributed by atoms with Gasteiger partial charge in [-0.25, -0.2) is 0 Å². The van der Waals surface area contributed by atoms with Crippen LogP contribution in [-0.2, 0) is 0 Å². The van der Waals surface area contributed by atoms with Crippen LogP contribution in [0.25, 0.3) is 141 Å². The Labute approximate surface area is 354 Å². The van der Waals surface area contributed by atoms with E-state index in [9.17, 15) is 0 Å². The molecule has 0 aliphatic rings. The lowest BCUT2D eigenvalue weighted by Crippen LogP contribution is -2.01. The molecule has 0 radical (unpaired) electrons. The van der Waals surface area contributed by atoms with Crippen LogP contribution in [0.4, 0.5) is 0 Å². The van der Waals surface area contributed by atoms with Crippen molar-refractivity contribution in [2.24, 2.45) is 0 Å². The molecule has 0 bridgehead atoms. The maximum Gasteiger partial charge on any atom is 0.203 e. The van der Waals surface area contributed by atoms with Crippen molar-refractivity contribution < 1.29 is 28.4 Å². The Bertz CT molecular complexity index is 3840. The van der Waals surface area contributed by atoms with Crippen molar-refractivity contribution in [2.45, 2.75) is 0 Å². The summed E-state index contributed by atoms with van der Waals surface area (Å²) in [5.41, 5.74) is 4.33. The Morgan fingerprint density at radius 2 is 0.548 bits per heavy atom. The second kappa shape index (κ2) is 11.6. The Morgan fingerprint density at radius 1 is 0.258 bits per heavy atom. The number of hydrogen-bond acceptors (Lipinski definition) is 6. The molecule has 0 N–H and O–H groups in total. The highest BCUT2D eigenvalue weighted by molar-refractivity contribution is 6.59. The SMILES string of the molecule is COc1cc(-c2c3cccc4c5ccc6ccc7c(-c8cc(OC)c(OC)c(OC)c8)c8cccc9c%10ccc%11ccc2c2c%11c%10c%10c(c89)c7c6c5c%10c2c34)cc(OC)c1OC. The van der Waals surface area contributed by atoms with Crippen molar-refractivity contribution in [1.29, 1.82) is 0 Å². The van der Waals surface area contributed by atoms with Crippen LogP contribution < -0.4 is 28.4 Å². The molecular formula is C56H36O6. The van der Waals surface area contributed by atoms with Crippen LogP contribution in [0.2, 0.25) is 0 Å². The lowest BCUT2D eigenvalue weighted by molar-refractivity contribution is 0.324. The lowest BCUT2D eigenvalue weighted by atomic mass is 9.73. The molecular weight excluding hydrogens is 769 g/mol. The monoisotopic (exact) mass is 804 g/mol. The minimum absolute atomic E-state index is 0.576. The third-order valence-electron chi connectivity index (χ3n) is 14.3. The fourth-order valence-electron chi connectivity index (χ4n) is 12.1. The average molecular weight is 805 g/mol. The molecule has 62 heavy (non-hydrogen) atoms. The van der Waals surface area contributed by atoms with Crippen molar-refractivity contribution in [3.05, 3.63) is 109 Å². The Kier molecular flexibility index (Phi) is 6.35. The highest BCUT2D eigenvalue weighted by Gasteiger charge is 2.32. The van der Waals surface area contributed by atoms with E-state index in [-0.39, 0.29) is 0 Å². The minimum Gasteiger partial charge on any atom is -0.493 e. The van der Waals surface area contributed by atoms with E-state index in [1.165, 1.54) is 118 Å². The highest BCUT2D eigenvalue weighted by atomic mass is 16.5. The molecule has 6 nitrogen and oxygen atoms in total. The first kappa shape index (κ1) is 34.1.